The summed E-state index contributed by atoms with van der Waals surface area (Å²) in [5.74, 6) is 1.09. The topological polar surface area (TPSA) is 124 Å². The maximum atomic E-state index is 14.5. The summed E-state index contributed by atoms with van der Waals surface area (Å²) >= 11 is 0. The summed E-state index contributed by atoms with van der Waals surface area (Å²) in [4.78, 5) is 30.4. The van der Waals surface area contributed by atoms with Crippen LogP contribution in [0.15, 0.2) is 65.7 Å². The summed E-state index contributed by atoms with van der Waals surface area (Å²) in [6.45, 7) is 14.5. The summed E-state index contributed by atoms with van der Waals surface area (Å²) in [5, 5.41) is 0. The Kier molecular flexibility index (Phi) is 10.9. The van der Waals surface area contributed by atoms with Crippen LogP contribution in [0.5, 0.6) is 11.6 Å². The van der Waals surface area contributed by atoms with Gasteiger partial charge in [-0.25, -0.2) is 18.1 Å². The molecule has 0 spiro atoms. The molecule has 10 nitrogen and oxygen atoms in total. The summed E-state index contributed by atoms with van der Waals surface area (Å²) in [6.07, 6.45) is 8.06. The maximum Gasteiger partial charge on any atom is 0.264 e. The molecule has 1 fully saturated rings. The number of hydrogen-bond donors (Lipinski definition) is 1. The van der Waals surface area contributed by atoms with Gasteiger partial charge in [-0.1, -0.05) is 70.7 Å². The monoisotopic (exact) mass is 725 g/mol. The molecule has 2 aromatic heterocycles. The van der Waals surface area contributed by atoms with Crippen molar-refractivity contribution in [2.75, 3.05) is 11.3 Å². The number of fused-ring (bicyclic) bond motifs is 4. The second-order valence-corrected chi connectivity index (χ2v) is 17.4. The van der Waals surface area contributed by atoms with Crippen molar-refractivity contribution in [3.05, 3.63) is 88.7 Å². The van der Waals surface area contributed by atoms with Crippen molar-refractivity contribution in [3.63, 3.8) is 0 Å². The zero-order valence-electron chi connectivity index (χ0n) is 31.4. The van der Waals surface area contributed by atoms with Gasteiger partial charge in [-0.15, -0.1) is 0 Å². The molecular weight excluding hydrogens is 675 g/mol. The number of carbonyl (C=O) groups is 1. The van der Waals surface area contributed by atoms with E-state index >= 15 is 0 Å². The van der Waals surface area contributed by atoms with Crippen molar-refractivity contribution in [3.8, 4) is 22.9 Å². The predicted octanol–water partition coefficient (Wildman–Crippen LogP) is 8.32. The molecule has 1 amide bonds. The molecule has 1 aliphatic carbocycles. The Hall–Kier alpha value is -4.51. The molecule has 11 heteroatoms. The van der Waals surface area contributed by atoms with Gasteiger partial charge < -0.3 is 14.4 Å². The van der Waals surface area contributed by atoms with Gasteiger partial charge in [0.05, 0.1) is 41.2 Å². The van der Waals surface area contributed by atoms with Crippen LogP contribution in [0.3, 0.4) is 0 Å². The summed E-state index contributed by atoms with van der Waals surface area (Å²) < 4.78 is 42.9. The van der Waals surface area contributed by atoms with E-state index in [9.17, 15) is 13.2 Å². The highest BCUT2D eigenvalue weighted by Gasteiger charge is 2.32. The van der Waals surface area contributed by atoms with Crippen LogP contribution in [0, 0.1) is 25.2 Å². The molecule has 0 saturated heterocycles. The Morgan fingerprint density at radius 3 is 2.46 bits per heavy atom. The van der Waals surface area contributed by atoms with E-state index in [4.69, 9.17) is 14.5 Å². The van der Waals surface area contributed by atoms with Gasteiger partial charge in [-0.2, -0.15) is 4.98 Å². The lowest BCUT2D eigenvalue weighted by Gasteiger charge is -2.35. The Morgan fingerprint density at radius 2 is 1.77 bits per heavy atom. The molecule has 1 saturated carbocycles. The predicted molar refractivity (Wildman–Crippen MR) is 203 cm³/mol. The Bertz CT molecular complexity index is 2020. The van der Waals surface area contributed by atoms with Gasteiger partial charge in [0.2, 0.25) is 11.8 Å². The van der Waals surface area contributed by atoms with Crippen LogP contribution in [-0.2, 0) is 23.0 Å². The fourth-order valence-electron chi connectivity index (χ4n) is 7.36. The van der Waals surface area contributed by atoms with Crippen molar-refractivity contribution >= 4 is 21.9 Å². The molecule has 6 rings (SSSR count). The standard InChI is InChI=1S/C41H51N5O5S/c1-26(2)51-34-19-18-32(42-23-34)24-46-33(22-41(5,6)7)25-50-38-28(4)37(36-27(3)12-10-15-30(36)20-29-13-8-9-14-29)43-40(44-38)45-52(48,49)35-17-11-16-31(21-35)39(46)47/h10-12,15-19,21,23,26,29,33H,8-9,13-14,20,22,24-25H2,1-7H3,(H,43,44,45)/t33-/m1/s1. The molecule has 0 unspecified atom stereocenters. The number of nitrogens with one attached hydrogen (secondary N) is 1. The van der Waals surface area contributed by atoms with Gasteiger partial charge in [0.1, 0.15) is 12.4 Å². The lowest BCUT2D eigenvalue weighted by molar-refractivity contribution is 0.0508. The summed E-state index contributed by atoms with van der Waals surface area (Å²) in [7, 11) is -4.19. The number of sulfonamides is 1. The van der Waals surface area contributed by atoms with Gasteiger partial charge in [0.15, 0.2) is 0 Å². The number of pyridine rings is 1. The number of aromatic nitrogens is 3. The Balaban J connectivity index is 1.48. The molecule has 3 heterocycles. The summed E-state index contributed by atoms with van der Waals surface area (Å²) in [6, 6.07) is 15.7. The zero-order valence-corrected chi connectivity index (χ0v) is 32.2. The normalized spacial score (nSPS) is 17.9. The molecule has 4 bridgehead atoms. The highest BCUT2D eigenvalue weighted by Crippen LogP contribution is 2.38. The van der Waals surface area contributed by atoms with E-state index in [-0.39, 0.29) is 52.9 Å². The maximum absolute atomic E-state index is 14.5. The second-order valence-electron chi connectivity index (χ2n) is 15.7. The smallest absolute Gasteiger partial charge is 0.264 e. The third kappa shape index (κ3) is 8.74. The highest BCUT2D eigenvalue weighted by molar-refractivity contribution is 7.92. The average Bonchev–Trinajstić information content (AvgIpc) is 3.59. The van der Waals surface area contributed by atoms with Gasteiger partial charge in [0, 0.05) is 16.7 Å². The number of nitrogens with zero attached hydrogens (tertiary/aromatic N) is 4. The number of rotatable bonds is 8. The minimum absolute atomic E-state index is 0.00398. The van der Waals surface area contributed by atoms with E-state index in [0.717, 1.165) is 17.5 Å². The first-order valence-corrected chi connectivity index (χ1v) is 19.8. The molecule has 52 heavy (non-hydrogen) atoms. The molecule has 276 valence electrons. The number of amides is 1. The molecule has 1 N–H and O–H groups in total. The highest BCUT2D eigenvalue weighted by atomic mass is 32.2. The second kappa shape index (κ2) is 15.2. The van der Waals surface area contributed by atoms with Crippen LogP contribution in [-0.4, -0.2) is 52.9 Å². The average molecular weight is 726 g/mol. The van der Waals surface area contributed by atoms with Crippen molar-refractivity contribution in [1.82, 2.24) is 19.9 Å². The number of hydrogen-bond acceptors (Lipinski definition) is 8. The third-order valence-corrected chi connectivity index (χ3v) is 11.1. The largest absolute Gasteiger partial charge is 0.489 e. The number of aryl methyl sites for hydroxylation is 1. The van der Waals surface area contributed by atoms with Crippen LogP contribution in [0.4, 0.5) is 5.95 Å². The molecule has 1 atom stereocenters. The first-order chi connectivity index (χ1) is 24.7. The van der Waals surface area contributed by atoms with Crippen molar-refractivity contribution < 1.29 is 22.7 Å². The molecule has 4 aromatic rings. The zero-order chi connectivity index (χ0) is 37.2. The van der Waals surface area contributed by atoms with E-state index in [2.05, 4.69) is 60.6 Å². The van der Waals surface area contributed by atoms with E-state index < -0.39 is 16.1 Å². The van der Waals surface area contributed by atoms with E-state index in [1.165, 1.54) is 43.4 Å². The quantitative estimate of drug-likeness (QED) is 0.192. The summed E-state index contributed by atoms with van der Waals surface area (Å²) in [5.41, 5.74) is 5.24. The van der Waals surface area contributed by atoms with Crippen molar-refractivity contribution in [2.24, 2.45) is 11.3 Å². The van der Waals surface area contributed by atoms with E-state index in [0.29, 0.717) is 35.0 Å². The number of benzene rings is 2. The van der Waals surface area contributed by atoms with Gasteiger partial charge in [0.25, 0.3) is 15.9 Å². The van der Waals surface area contributed by atoms with Gasteiger partial charge >= 0.3 is 0 Å². The van der Waals surface area contributed by atoms with Crippen LogP contribution in [0.25, 0.3) is 11.3 Å². The first kappa shape index (κ1) is 37.3. The molecule has 1 aliphatic heterocycles. The SMILES string of the molecule is Cc1cccc(CC2CCCC2)c1-c1nc2nc(c1C)OC[C@@H](CC(C)(C)C)N(Cc1ccc(OC(C)C)cn1)C(=O)c1cccc(c1)S(=O)(=O)N2. The van der Waals surface area contributed by atoms with Crippen LogP contribution in [0.1, 0.15) is 99.5 Å². The number of anilines is 1. The number of carbonyl (C=O) groups excluding carboxylic acids is 1. The lowest BCUT2D eigenvalue weighted by atomic mass is 9.87. The van der Waals surface area contributed by atoms with Crippen LogP contribution >= 0.6 is 0 Å². The van der Waals surface area contributed by atoms with Gasteiger partial charge in [-0.3, -0.25) is 9.78 Å². The van der Waals surface area contributed by atoms with Crippen molar-refractivity contribution in [1.29, 1.82) is 0 Å². The Morgan fingerprint density at radius 1 is 1.02 bits per heavy atom. The molecule has 2 aliphatic rings. The minimum Gasteiger partial charge on any atom is -0.489 e. The molecule has 0 radical (unpaired) electrons. The lowest BCUT2D eigenvalue weighted by Crippen LogP contribution is -2.45. The number of ether oxygens (including phenoxy) is 2. The van der Waals surface area contributed by atoms with Gasteiger partial charge in [-0.05, 0) is 93.3 Å². The van der Waals surface area contributed by atoms with E-state index in [1.54, 1.807) is 23.2 Å². The Labute approximate surface area is 308 Å². The van der Waals surface area contributed by atoms with Crippen LogP contribution < -0.4 is 14.2 Å². The van der Waals surface area contributed by atoms with Crippen LogP contribution in [0.2, 0.25) is 0 Å². The fraction of sp³-hybridized carbons (Fsp3) is 0.463. The third-order valence-electron chi connectivity index (χ3n) is 9.76. The fourth-order valence-corrected chi connectivity index (χ4v) is 8.35. The molecule has 2 aromatic carbocycles. The molecular formula is C41H51N5O5S. The van der Waals surface area contributed by atoms with E-state index in [1.807, 2.05) is 32.9 Å². The first-order valence-electron chi connectivity index (χ1n) is 18.3. The minimum atomic E-state index is -4.19. The van der Waals surface area contributed by atoms with Crippen molar-refractivity contribution in [2.45, 2.75) is 111 Å².